The minimum atomic E-state index is -0.145. The van der Waals surface area contributed by atoms with Crippen LogP contribution in [0.2, 0.25) is 0 Å². The summed E-state index contributed by atoms with van der Waals surface area (Å²) < 4.78 is 0. The van der Waals surface area contributed by atoms with Crippen molar-refractivity contribution in [3.63, 3.8) is 0 Å². The van der Waals surface area contributed by atoms with E-state index in [1.165, 1.54) is 0 Å². The summed E-state index contributed by atoms with van der Waals surface area (Å²) in [5.41, 5.74) is 0. The minimum absolute atomic E-state index is 0.145. The molecule has 0 aromatic carbocycles. The van der Waals surface area contributed by atoms with E-state index in [2.05, 4.69) is 4.90 Å². The average molecular weight is 240 g/mol. The molecule has 0 spiro atoms. The highest BCUT2D eigenvalue weighted by molar-refractivity contribution is 5.76. The van der Waals surface area contributed by atoms with Crippen molar-refractivity contribution in [3.8, 4) is 0 Å². The summed E-state index contributed by atoms with van der Waals surface area (Å²) in [5, 5.41) is 9.88. The standard InChI is InChI=1S/C13H24N2O2/c1-2-4-13(17)15-9-7-14(8-10-15)11-5-3-6-12(11)16/h11-12,16H,2-10H2,1H3/t11-,12-/m1/s1. The summed E-state index contributed by atoms with van der Waals surface area (Å²) in [6.07, 6.45) is 4.66. The highest BCUT2D eigenvalue weighted by atomic mass is 16.3. The van der Waals surface area contributed by atoms with Crippen molar-refractivity contribution < 1.29 is 9.90 Å². The van der Waals surface area contributed by atoms with Crippen molar-refractivity contribution in [2.24, 2.45) is 0 Å². The minimum Gasteiger partial charge on any atom is -0.391 e. The van der Waals surface area contributed by atoms with Gasteiger partial charge in [-0.1, -0.05) is 6.92 Å². The molecule has 0 radical (unpaired) electrons. The summed E-state index contributed by atoms with van der Waals surface area (Å²) in [5.74, 6) is 0.291. The average Bonchev–Trinajstić information content (AvgIpc) is 2.76. The van der Waals surface area contributed by atoms with Crippen LogP contribution in [0.1, 0.15) is 39.0 Å². The maximum Gasteiger partial charge on any atom is 0.222 e. The lowest BCUT2D eigenvalue weighted by atomic mass is 10.1. The number of hydrogen-bond acceptors (Lipinski definition) is 3. The third kappa shape index (κ3) is 2.99. The number of nitrogens with zero attached hydrogens (tertiary/aromatic N) is 2. The van der Waals surface area contributed by atoms with Gasteiger partial charge in [-0.15, -0.1) is 0 Å². The Morgan fingerprint density at radius 3 is 2.47 bits per heavy atom. The molecule has 0 unspecified atom stereocenters. The number of carbonyl (C=O) groups excluding carboxylic acids is 1. The Kier molecular flexibility index (Phi) is 4.40. The van der Waals surface area contributed by atoms with Gasteiger partial charge in [0.1, 0.15) is 0 Å². The zero-order valence-electron chi connectivity index (χ0n) is 10.8. The molecular formula is C13H24N2O2. The predicted molar refractivity (Wildman–Crippen MR) is 66.7 cm³/mol. The van der Waals surface area contributed by atoms with Gasteiger partial charge >= 0.3 is 0 Å². The van der Waals surface area contributed by atoms with Crippen molar-refractivity contribution in [2.75, 3.05) is 26.2 Å². The molecule has 4 nitrogen and oxygen atoms in total. The Morgan fingerprint density at radius 1 is 1.24 bits per heavy atom. The number of aliphatic hydroxyl groups is 1. The van der Waals surface area contributed by atoms with Crippen LogP contribution in [0.3, 0.4) is 0 Å². The number of hydrogen-bond donors (Lipinski definition) is 1. The number of rotatable bonds is 3. The van der Waals surface area contributed by atoms with Gasteiger partial charge in [0.05, 0.1) is 6.10 Å². The van der Waals surface area contributed by atoms with Crippen molar-refractivity contribution in [3.05, 3.63) is 0 Å². The van der Waals surface area contributed by atoms with E-state index in [9.17, 15) is 9.90 Å². The topological polar surface area (TPSA) is 43.8 Å². The van der Waals surface area contributed by atoms with Crippen LogP contribution in [0.15, 0.2) is 0 Å². The third-order valence-corrected chi connectivity index (χ3v) is 4.04. The zero-order chi connectivity index (χ0) is 12.3. The fraction of sp³-hybridized carbons (Fsp3) is 0.923. The molecule has 0 aromatic heterocycles. The van der Waals surface area contributed by atoms with E-state index >= 15 is 0 Å². The van der Waals surface area contributed by atoms with Gasteiger partial charge in [0.15, 0.2) is 0 Å². The zero-order valence-corrected chi connectivity index (χ0v) is 10.8. The van der Waals surface area contributed by atoms with Crippen LogP contribution in [0, 0.1) is 0 Å². The van der Waals surface area contributed by atoms with Gasteiger partial charge in [0.25, 0.3) is 0 Å². The Labute approximate surface area is 104 Å². The van der Waals surface area contributed by atoms with E-state index in [4.69, 9.17) is 0 Å². The fourth-order valence-electron chi connectivity index (χ4n) is 3.02. The summed E-state index contributed by atoms with van der Waals surface area (Å²) in [6.45, 7) is 5.57. The van der Waals surface area contributed by atoms with Crippen LogP contribution >= 0.6 is 0 Å². The van der Waals surface area contributed by atoms with Crippen molar-refractivity contribution in [1.82, 2.24) is 9.80 Å². The van der Waals surface area contributed by atoms with Gasteiger partial charge in [-0.05, 0) is 25.7 Å². The molecule has 2 aliphatic rings. The van der Waals surface area contributed by atoms with Crippen LogP contribution in [0.5, 0.6) is 0 Å². The van der Waals surface area contributed by atoms with Crippen molar-refractivity contribution >= 4 is 5.91 Å². The summed E-state index contributed by atoms with van der Waals surface area (Å²) in [7, 11) is 0. The normalized spacial score (nSPS) is 30.8. The van der Waals surface area contributed by atoms with Crippen molar-refractivity contribution in [1.29, 1.82) is 0 Å². The van der Waals surface area contributed by atoms with Crippen LogP contribution in [0.4, 0.5) is 0 Å². The molecule has 17 heavy (non-hydrogen) atoms. The van der Waals surface area contributed by atoms with E-state index < -0.39 is 0 Å². The Bertz CT molecular complexity index is 262. The molecular weight excluding hydrogens is 216 g/mol. The maximum absolute atomic E-state index is 11.7. The number of aliphatic hydroxyl groups excluding tert-OH is 1. The largest absolute Gasteiger partial charge is 0.391 e. The van der Waals surface area contributed by atoms with Gasteiger partial charge < -0.3 is 10.0 Å². The predicted octanol–water partition coefficient (Wildman–Crippen LogP) is 0.844. The van der Waals surface area contributed by atoms with Crippen LogP contribution in [-0.2, 0) is 4.79 Å². The maximum atomic E-state index is 11.7. The first-order chi connectivity index (χ1) is 8.22. The van der Waals surface area contributed by atoms with Gasteiger partial charge in [0, 0.05) is 38.6 Å². The molecule has 1 saturated heterocycles. The highest BCUT2D eigenvalue weighted by Crippen LogP contribution is 2.25. The lowest BCUT2D eigenvalue weighted by Gasteiger charge is -2.39. The second-order valence-corrected chi connectivity index (χ2v) is 5.23. The first-order valence-electron chi connectivity index (χ1n) is 6.92. The van der Waals surface area contributed by atoms with E-state index in [1.54, 1.807) is 0 Å². The Balaban J connectivity index is 1.79. The molecule has 1 saturated carbocycles. The lowest BCUT2D eigenvalue weighted by Crippen LogP contribution is -2.53. The molecule has 0 bridgehead atoms. The summed E-state index contributed by atoms with van der Waals surface area (Å²) in [4.78, 5) is 16.1. The first kappa shape index (κ1) is 12.8. The third-order valence-electron chi connectivity index (χ3n) is 4.04. The molecule has 4 heteroatoms. The lowest BCUT2D eigenvalue weighted by molar-refractivity contribution is -0.133. The molecule has 1 aliphatic heterocycles. The number of carbonyl (C=O) groups is 1. The molecule has 1 N–H and O–H groups in total. The Morgan fingerprint density at radius 2 is 1.94 bits per heavy atom. The fourth-order valence-corrected chi connectivity index (χ4v) is 3.02. The first-order valence-corrected chi connectivity index (χ1v) is 6.92. The quantitative estimate of drug-likeness (QED) is 0.795. The summed E-state index contributed by atoms with van der Waals surface area (Å²) >= 11 is 0. The molecule has 2 rings (SSSR count). The SMILES string of the molecule is CCCC(=O)N1CCN([C@@H]2CCC[C@H]2O)CC1. The second-order valence-electron chi connectivity index (χ2n) is 5.23. The smallest absolute Gasteiger partial charge is 0.222 e. The van der Waals surface area contributed by atoms with E-state index in [-0.39, 0.29) is 6.10 Å². The van der Waals surface area contributed by atoms with Crippen molar-refractivity contribution in [2.45, 2.75) is 51.2 Å². The van der Waals surface area contributed by atoms with Gasteiger partial charge in [-0.2, -0.15) is 0 Å². The number of piperazine rings is 1. The molecule has 98 valence electrons. The van der Waals surface area contributed by atoms with Gasteiger partial charge in [-0.3, -0.25) is 9.69 Å². The van der Waals surface area contributed by atoms with E-state index in [0.717, 1.165) is 51.9 Å². The summed E-state index contributed by atoms with van der Waals surface area (Å²) in [6, 6.07) is 0.346. The molecule has 2 fully saturated rings. The molecule has 1 aliphatic carbocycles. The van der Waals surface area contributed by atoms with E-state index in [0.29, 0.717) is 18.4 Å². The van der Waals surface area contributed by atoms with Crippen LogP contribution < -0.4 is 0 Å². The molecule has 1 amide bonds. The monoisotopic (exact) mass is 240 g/mol. The Hall–Kier alpha value is -0.610. The molecule has 0 aromatic rings. The van der Waals surface area contributed by atoms with Crippen LogP contribution in [0.25, 0.3) is 0 Å². The van der Waals surface area contributed by atoms with Gasteiger partial charge in [-0.25, -0.2) is 0 Å². The number of amides is 1. The van der Waals surface area contributed by atoms with E-state index in [1.807, 2.05) is 11.8 Å². The molecule has 1 heterocycles. The van der Waals surface area contributed by atoms with Gasteiger partial charge in [0.2, 0.25) is 5.91 Å². The highest BCUT2D eigenvalue weighted by Gasteiger charge is 2.32. The second kappa shape index (κ2) is 5.83. The molecule has 2 atom stereocenters. The van der Waals surface area contributed by atoms with Crippen LogP contribution in [-0.4, -0.2) is 59.1 Å².